The molecule has 1 aliphatic rings. The number of anilines is 1. The first-order chi connectivity index (χ1) is 10.1. The number of hydrogen-bond donors (Lipinski definition) is 2. The van der Waals surface area contributed by atoms with E-state index in [1.54, 1.807) is 6.20 Å². The molecule has 1 heterocycles. The van der Waals surface area contributed by atoms with Crippen LogP contribution >= 0.6 is 0 Å². The molecule has 1 saturated carbocycles. The lowest BCUT2D eigenvalue weighted by molar-refractivity contribution is -0.143. The molecule has 2 N–H and O–H groups in total. The van der Waals surface area contributed by atoms with Crippen LogP contribution in [-0.4, -0.2) is 40.7 Å². The minimum atomic E-state index is -0.696. The molecule has 0 aliphatic heterocycles. The monoisotopic (exact) mass is 293 g/mol. The average Bonchev–Trinajstić information content (AvgIpc) is 2.52. The number of nitrogens with one attached hydrogen (secondary N) is 1. The predicted octanol–water partition coefficient (Wildman–Crippen LogP) is 1.57. The number of aromatic nitrogens is 2. The fourth-order valence-electron chi connectivity index (χ4n) is 2.52. The van der Waals surface area contributed by atoms with Gasteiger partial charge in [-0.2, -0.15) is 0 Å². The molecule has 1 aromatic heterocycles. The second-order valence-electron chi connectivity index (χ2n) is 5.22. The van der Waals surface area contributed by atoms with Gasteiger partial charge in [-0.1, -0.05) is 0 Å². The molecule has 7 nitrogen and oxygen atoms in total. The zero-order valence-electron chi connectivity index (χ0n) is 11.9. The number of carbonyl (C=O) groups excluding carboxylic acids is 1. The van der Waals surface area contributed by atoms with E-state index in [2.05, 4.69) is 20.0 Å². The Bertz CT molecular complexity index is 513. The predicted molar refractivity (Wildman–Crippen MR) is 74.9 cm³/mol. The number of carboxylic acid groups (broad SMARTS) is 1. The van der Waals surface area contributed by atoms with E-state index in [4.69, 9.17) is 5.11 Å². The summed E-state index contributed by atoms with van der Waals surface area (Å²) in [7, 11) is 1.30. The molecular formula is C14H19N3O4. The molecule has 21 heavy (non-hydrogen) atoms. The summed E-state index contributed by atoms with van der Waals surface area (Å²) in [6, 6.07) is 0. The van der Waals surface area contributed by atoms with E-state index in [0.717, 1.165) is 25.7 Å². The maximum atomic E-state index is 11.4. The number of ether oxygens (including phenoxy) is 1. The van der Waals surface area contributed by atoms with Gasteiger partial charge in [0.1, 0.15) is 5.82 Å². The van der Waals surface area contributed by atoms with Crippen molar-refractivity contribution in [3.05, 3.63) is 18.1 Å². The van der Waals surface area contributed by atoms with Gasteiger partial charge < -0.3 is 15.2 Å². The van der Waals surface area contributed by atoms with Gasteiger partial charge in [0.05, 0.1) is 25.4 Å². The maximum Gasteiger partial charge on any atom is 0.358 e. The van der Waals surface area contributed by atoms with Crippen LogP contribution in [0.4, 0.5) is 5.82 Å². The summed E-state index contributed by atoms with van der Waals surface area (Å²) < 4.78 is 4.60. The van der Waals surface area contributed by atoms with Gasteiger partial charge in [-0.3, -0.25) is 9.78 Å². The quantitative estimate of drug-likeness (QED) is 0.794. The Morgan fingerprint density at radius 2 is 2.05 bits per heavy atom. The summed E-state index contributed by atoms with van der Waals surface area (Å²) in [6.07, 6.45) is 6.11. The molecule has 0 atom stereocenters. The number of aliphatic carboxylic acids is 1. The van der Waals surface area contributed by atoms with Crippen LogP contribution in [0.2, 0.25) is 0 Å². The van der Waals surface area contributed by atoms with Gasteiger partial charge >= 0.3 is 11.9 Å². The molecule has 0 spiro atoms. The van der Waals surface area contributed by atoms with Crippen LogP contribution in [0, 0.1) is 11.8 Å². The second-order valence-corrected chi connectivity index (χ2v) is 5.22. The van der Waals surface area contributed by atoms with Crippen LogP contribution in [0.1, 0.15) is 36.2 Å². The van der Waals surface area contributed by atoms with E-state index in [1.807, 2.05) is 0 Å². The molecule has 1 fully saturated rings. The minimum absolute atomic E-state index is 0.164. The van der Waals surface area contributed by atoms with Crippen LogP contribution < -0.4 is 5.32 Å². The van der Waals surface area contributed by atoms with Crippen molar-refractivity contribution in [3.8, 4) is 0 Å². The van der Waals surface area contributed by atoms with Gasteiger partial charge in [0.2, 0.25) is 0 Å². The summed E-state index contributed by atoms with van der Waals surface area (Å²) in [6.45, 7) is 0.700. The van der Waals surface area contributed by atoms with Crippen molar-refractivity contribution in [1.29, 1.82) is 0 Å². The Labute approximate surface area is 122 Å². The van der Waals surface area contributed by atoms with E-state index < -0.39 is 11.9 Å². The molecule has 114 valence electrons. The molecule has 0 saturated heterocycles. The molecule has 7 heteroatoms. The highest BCUT2D eigenvalue weighted by molar-refractivity contribution is 5.87. The number of carbonyl (C=O) groups is 2. The standard InChI is InChI=1S/C14H19N3O4/c1-21-14(20)11-7-15-8-12(17-11)16-6-9-2-4-10(5-3-9)13(18)19/h7-10H,2-6H2,1H3,(H,16,17)(H,18,19). The third kappa shape index (κ3) is 4.14. The highest BCUT2D eigenvalue weighted by atomic mass is 16.5. The number of rotatable bonds is 5. The van der Waals surface area contributed by atoms with Gasteiger partial charge in [-0.25, -0.2) is 9.78 Å². The van der Waals surface area contributed by atoms with Crippen LogP contribution in [0.15, 0.2) is 12.4 Å². The molecule has 1 aromatic rings. The lowest BCUT2D eigenvalue weighted by Gasteiger charge is -2.26. The highest BCUT2D eigenvalue weighted by Gasteiger charge is 2.25. The summed E-state index contributed by atoms with van der Waals surface area (Å²) in [5.74, 6) is -0.475. The van der Waals surface area contributed by atoms with Crippen molar-refractivity contribution in [2.75, 3.05) is 19.0 Å². The van der Waals surface area contributed by atoms with Gasteiger partial charge in [-0.05, 0) is 31.6 Å². The van der Waals surface area contributed by atoms with Crippen molar-refractivity contribution in [3.63, 3.8) is 0 Å². The number of methoxy groups -OCH3 is 1. The van der Waals surface area contributed by atoms with E-state index >= 15 is 0 Å². The smallest absolute Gasteiger partial charge is 0.358 e. The second kappa shape index (κ2) is 7.01. The zero-order valence-corrected chi connectivity index (χ0v) is 11.9. The number of nitrogens with zero attached hydrogens (tertiary/aromatic N) is 2. The first kappa shape index (κ1) is 15.2. The highest BCUT2D eigenvalue weighted by Crippen LogP contribution is 2.28. The van der Waals surface area contributed by atoms with Gasteiger partial charge in [-0.15, -0.1) is 0 Å². The van der Waals surface area contributed by atoms with Crippen molar-refractivity contribution < 1.29 is 19.4 Å². The Hall–Kier alpha value is -2.18. The number of esters is 1. The Balaban J connectivity index is 1.84. The normalized spacial score (nSPS) is 21.6. The topological polar surface area (TPSA) is 101 Å². The molecule has 0 amide bonds. The van der Waals surface area contributed by atoms with E-state index in [0.29, 0.717) is 18.3 Å². The molecule has 2 rings (SSSR count). The van der Waals surface area contributed by atoms with E-state index in [-0.39, 0.29) is 11.6 Å². The lowest BCUT2D eigenvalue weighted by Crippen LogP contribution is -2.25. The Morgan fingerprint density at radius 3 is 2.67 bits per heavy atom. The summed E-state index contributed by atoms with van der Waals surface area (Å²) >= 11 is 0. The third-order valence-corrected chi connectivity index (χ3v) is 3.80. The Kier molecular flexibility index (Phi) is 5.08. The van der Waals surface area contributed by atoms with Crippen molar-refractivity contribution in [1.82, 2.24) is 9.97 Å². The summed E-state index contributed by atoms with van der Waals surface area (Å²) in [5.41, 5.74) is 0.164. The van der Waals surface area contributed by atoms with Crippen LogP contribution in [0.3, 0.4) is 0 Å². The number of hydrogen-bond acceptors (Lipinski definition) is 6. The lowest BCUT2D eigenvalue weighted by atomic mass is 9.82. The first-order valence-corrected chi connectivity index (χ1v) is 6.97. The van der Waals surface area contributed by atoms with Gasteiger partial charge in [0, 0.05) is 6.54 Å². The maximum absolute atomic E-state index is 11.4. The summed E-state index contributed by atoms with van der Waals surface area (Å²) in [4.78, 5) is 30.3. The molecule has 0 radical (unpaired) electrons. The molecule has 0 unspecified atom stereocenters. The van der Waals surface area contributed by atoms with Crippen LogP contribution in [0.5, 0.6) is 0 Å². The van der Waals surface area contributed by atoms with Gasteiger partial charge in [0.25, 0.3) is 0 Å². The fraction of sp³-hybridized carbons (Fsp3) is 0.571. The van der Waals surface area contributed by atoms with Crippen molar-refractivity contribution in [2.24, 2.45) is 11.8 Å². The summed E-state index contributed by atoms with van der Waals surface area (Å²) in [5, 5.41) is 12.1. The number of carboxylic acids is 1. The first-order valence-electron chi connectivity index (χ1n) is 6.97. The molecule has 0 aromatic carbocycles. The largest absolute Gasteiger partial charge is 0.481 e. The average molecular weight is 293 g/mol. The molecule has 0 bridgehead atoms. The minimum Gasteiger partial charge on any atom is -0.481 e. The Morgan fingerprint density at radius 1 is 1.33 bits per heavy atom. The SMILES string of the molecule is COC(=O)c1cncc(NCC2CCC(C(=O)O)CC2)n1. The van der Waals surface area contributed by atoms with E-state index in [1.165, 1.54) is 13.3 Å². The van der Waals surface area contributed by atoms with Crippen LogP contribution in [0.25, 0.3) is 0 Å². The van der Waals surface area contributed by atoms with Gasteiger partial charge in [0.15, 0.2) is 5.69 Å². The molecular weight excluding hydrogens is 274 g/mol. The van der Waals surface area contributed by atoms with Crippen molar-refractivity contribution >= 4 is 17.8 Å². The van der Waals surface area contributed by atoms with E-state index in [9.17, 15) is 9.59 Å². The molecule has 1 aliphatic carbocycles. The third-order valence-electron chi connectivity index (χ3n) is 3.80. The fourth-order valence-corrected chi connectivity index (χ4v) is 2.52. The zero-order chi connectivity index (χ0) is 15.2. The van der Waals surface area contributed by atoms with Crippen LogP contribution in [-0.2, 0) is 9.53 Å². The van der Waals surface area contributed by atoms with Crippen molar-refractivity contribution in [2.45, 2.75) is 25.7 Å².